The molecule has 0 aliphatic heterocycles. The summed E-state index contributed by atoms with van der Waals surface area (Å²) in [5.74, 6) is -2.93. The normalized spacial score (nSPS) is 12.5. The largest absolute Gasteiger partial charge is 0.390 e. The molecule has 2 aromatic rings. The lowest BCUT2D eigenvalue weighted by Gasteiger charge is -2.25. The molecule has 0 saturated carbocycles. The van der Waals surface area contributed by atoms with E-state index in [4.69, 9.17) is 15.2 Å². The minimum Gasteiger partial charge on any atom is -0.390 e. The molecule has 328 valence electrons. The summed E-state index contributed by atoms with van der Waals surface area (Å²) in [4.78, 5) is 71.6. The van der Waals surface area contributed by atoms with Crippen molar-refractivity contribution in [2.24, 2.45) is 16.5 Å². The van der Waals surface area contributed by atoms with Crippen LogP contribution in [0.1, 0.15) is 55.5 Å². The monoisotopic (exact) mass is 831 g/mol. The van der Waals surface area contributed by atoms with Gasteiger partial charge in [0.05, 0.1) is 19.5 Å². The van der Waals surface area contributed by atoms with Crippen molar-refractivity contribution in [1.82, 2.24) is 26.6 Å². The summed E-state index contributed by atoms with van der Waals surface area (Å²) >= 11 is 0. The molecule has 5 amide bonds. The van der Waals surface area contributed by atoms with E-state index in [-0.39, 0.29) is 26.0 Å². The first-order chi connectivity index (χ1) is 29.0. The fourth-order valence-electron chi connectivity index (χ4n) is 5.36. The van der Waals surface area contributed by atoms with Gasteiger partial charge < -0.3 is 47.5 Å². The van der Waals surface area contributed by atoms with Crippen LogP contribution in [-0.2, 0) is 35.1 Å². The number of ether oxygens (including phenoxy) is 2. The molecule has 0 fully saturated rings. The Bertz CT molecular complexity index is 1700. The topological polar surface area (TPSA) is 228 Å². The molecule has 3 atom stereocenters. The van der Waals surface area contributed by atoms with Gasteiger partial charge in [-0.1, -0.05) is 73.8 Å². The number of nitrogens with two attached hydrogens (primary N) is 2. The summed E-state index contributed by atoms with van der Waals surface area (Å²) in [5, 5.41) is 13.7. The van der Waals surface area contributed by atoms with Gasteiger partial charge in [-0.05, 0) is 81.5 Å². The first-order valence-electron chi connectivity index (χ1n) is 19.6. The van der Waals surface area contributed by atoms with Crippen molar-refractivity contribution >= 4 is 35.9 Å². The number of carbonyl (C=O) groups is 5. The van der Waals surface area contributed by atoms with Crippen LogP contribution in [0.4, 0.5) is 0 Å². The van der Waals surface area contributed by atoms with Crippen LogP contribution < -0.4 is 38.1 Å². The molecule has 0 spiro atoms. The fourth-order valence-corrected chi connectivity index (χ4v) is 5.36. The first-order valence-corrected chi connectivity index (χ1v) is 19.6. The molecule has 0 saturated heterocycles. The highest BCUT2D eigenvalue weighted by Crippen LogP contribution is 2.14. The molecule has 15 nitrogen and oxygen atoms in total. The van der Waals surface area contributed by atoms with Gasteiger partial charge in [0.1, 0.15) is 18.1 Å². The smallest absolute Gasteiger partial charge is 0.251 e. The van der Waals surface area contributed by atoms with E-state index < -0.39 is 54.2 Å². The number of amides is 5. The number of nitrogens with one attached hydrogen (secondary N) is 5. The minimum atomic E-state index is -1.17. The number of hydrogen-bond acceptors (Lipinski definition) is 9. The number of benzene rings is 2. The highest BCUT2D eigenvalue weighted by atomic mass is 16.5. The van der Waals surface area contributed by atoms with Crippen LogP contribution in [0.25, 0.3) is 0 Å². The van der Waals surface area contributed by atoms with Crippen LogP contribution in [0.2, 0.25) is 0 Å². The zero-order valence-electron chi connectivity index (χ0n) is 35.7. The molecule has 2 aromatic carbocycles. The molecule has 2 rings (SSSR count). The second kappa shape index (κ2) is 33.8. The second-order valence-electron chi connectivity index (χ2n) is 12.8. The quantitative estimate of drug-likeness (QED) is 0.0242. The highest BCUT2D eigenvalue weighted by molar-refractivity contribution is 5.99. The van der Waals surface area contributed by atoms with Gasteiger partial charge in [-0.2, -0.15) is 0 Å². The second-order valence-corrected chi connectivity index (χ2v) is 12.8. The van der Waals surface area contributed by atoms with E-state index in [1.807, 2.05) is 6.07 Å². The Morgan fingerprint density at radius 2 is 1.43 bits per heavy atom. The fraction of sp³-hybridized carbons (Fsp3) is 0.378. The molecule has 1 unspecified atom stereocenters. The molecule has 0 heterocycles. The molecule has 0 bridgehead atoms. The van der Waals surface area contributed by atoms with E-state index in [0.717, 1.165) is 18.3 Å². The van der Waals surface area contributed by atoms with E-state index in [0.29, 0.717) is 48.5 Å². The zero-order valence-corrected chi connectivity index (χ0v) is 35.7. The Morgan fingerprint density at radius 3 is 2.02 bits per heavy atom. The van der Waals surface area contributed by atoms with Crippen molar-refractivity contribution in [2.75, 3.05) is 47.1 Å². The van der Waals surface area contributed by atoms with Crippen LogP contribution in [0.15, 0.2) is 127 Å². The number of nitrogens with zero attached hydrogens (tertiary/aromatic N) is 1. The molecule has 0 aliphatic rings. The van der Waals surface area contributed by atoms with Gasteiger partial charge in [0, 0.05) is 44.5 Å². The van der Waals surface area contributed by atoms with Crippen molar-refractivity contribution in [1.29, 1.82) is 0 Å². The molecular formula is C45H66N8O7. The molecule has 0 radical (unpaired) electrons. The predicted octanol–water partition coefficient (Wildman–Crippen LogP) is 3.41. The Labute approximate surface area is 355 Å². The van der Waals surface area contributed by atoms with Crippen LogP contribution in [-0.4, -0.2) is 101 Å². The maximum absolute atomic E-state index is 14.0. The minimum absolute atomic E-state index is 0.0677. The standard InChI is InChI=1S/C42H57N7O7.C2H4.CH5N/c1-6-17-34(33(7-2)30(3)4)46-38(50)27-45-40(52)35(22-16-23-44-29-43)47-41(53)36(26-31-18-10-8-11-19-31)48-42(54)37(28-56-25-15-14-24-55-5)49-39(51)32-20-12-9-13-21-32;2*1-2/h6-13,17-21,29,35-37H,2-3,14-16,22-28H2,1,4-5H3,(H2,43,44)(H,45,52)(H,46,50)(H,47,53)(H,48,54)(H,49,51);1-2H2;2H2,1H3/b17-6-,34-33+;;/t35?,36-,37+;;/m1../s1. The Kier molecular flexibility index (Phi) is 30.3. The van der Waals surface area contributed by atoms with Gasteiger partial charge in [-0.3, -0.25) is 29.0 Å². The summed E-state index contributed by atoms with van der Waals surface area (Å²) in [7, 11) is 3.11. The number of methoxy groups -OCH3 is 1. The first kappa shape index (κ1) is 53.8. The average molecular weight is 831 g/mol. The number of allylic oxidation sites excluding steroid dienone is 5. The number of aliphatic imine (C=N–C) groups is 1. The van der Waals surface area contributed by atoms with E-state index >= 15 is 0 Å². The third-order valence-electron chi connectivity index (χ3n) is 8.25. The molecule has 60 heavy (non-hydrogen) atoms. The van der Waals surface area contributed by atoms with E-state index in [1.165, 1.54) is 7.05 Å². The lowest BCUT2D eigenvalue weighted by Crippen LogP contribution is -2.58. The molecule has 0 aliphatic carbocycles. The van der Waals surface area contributed by atoms with E-state index in [1.54, 1.807) is 93.8 Å². The average Bonchev–Trinajstić information content (AvgIpc) is 3.26. The number of unbranched alkanes of at least 4 members (excludes halogenated alkanes) is 1. The van der Waals surface area contributed by atoms with Gasteiger partial charge >= 0.3 is 0 Å². The SMILES string of the molecule is C=C.C=C/C(C(=C)C)=C(/C=C\C)NC(=O)CNC(=O)C(CCCN=CN)NC(=O)[C@@H](Cc1ccccc1)NC(=O)[C@H](COCCCCOC)NC(=O)c1ccccc1.CN. The van der Waals surface area contributed by atoms with Crippen LogP contribution in [0.5, 0.6) is 0 Å². The Morgan fingerprint density at radius 1 is 0.833 bits per heavy atom. The van der Waals surface area contributed by atoms with Gasteiger partial charge in [-0.15, -0.1) is 13.2 Å². The van der Waals surface area contributed by atoms with Gasteiger partial charge in [0.25, 0.3) is 5.91 Å². The van der Waals surface area contributed by atoms with Gasteiger partial charge in [0.2, 0.25) is 23.6 Å². The summed E-state index contributed by atoms with van der Waals surface area (Å²) in [6.45, 7) is 17.9. The lowest BCUT2D eigenvalue weighted by atomic mass is 10.0. The van der Waals surface area contributed by atoms with Crippen molar-refractivity contribution in [3.8, 4) is 0 Å². The highest BCUT2D eigenvalue weighted by Gasteiger charge is 2.30. The number of carbonyl (C=O) groups excluding carboxylic acids is 5. The third kappa shape index (κ3) is 22.1. The zero-order chi connectivity index (χ0) is 45.1. The summed E-state index contributed by atoms with van der Waals surface area (Å²) < 4.78 is 10.9. The molecular weight excluding hydrogens is 765 g/mol. The summed E-state index contributed by atoms with van der Waals surface area (Å²) in [6.07, 6.45) is 8.18. The van der Waals surface area contributed by atoms with Crippen molar-refractivity contribution in [3.63, 3.8) is 0 Å². The van der Waals surface area contributed by atoms with Gasteiger partial charge in [0.15, 0.2) is 0 Å². The third-order valence-corrected chi connectivity index (χ3v) is 8.25. The molecule has 9 N–H and O–H groups in total. The van der Waals surface area contributed by atoms with E-state index in [2.05, 4.69) is 63.6 Å². The molecule has 15 heteroatoms. The predicted molar refractivity (Wildman–Crippen MR) is 240 cm³/mol. The van der Waals surface area contributed by atoms with Crippen molar-refractivity contribution in [3.05, 3.63) is 133 Å². The maximum atomic E-state index is 14.0. The Balaban J connectivity index is 0.00000843. The lowest BCUT2D eigenvalue weighted by molar-refractivity contribution is -0.133. The maximum Gasteiger partial charge on any atom is 0.251 e. The summed E-state index contributed by atoms with van der Waals surface area (Å²) in [5.41, 5.74) is 12.8. The molecule has 0 aromatic heterocycles. The summed E-state index contributed by atoms with van der Waals surface area (Å²) in [6, 6.07) is 14.0. The number of hydrogen-bond donors (Lipinski definition) is 7. The van der Waals surface area contributed by atoms with Crippen molar-refractivity contribution in [2.45, 2.75) is 64.1 Å². The number of rotatable bonds is 26. The van der Waals surface area contributed by atoms with Crippen LogP contribution in [0, 0.1) is 0 Å². The van der Waals surface area contributed by atoms with Crippen LogP contribution in [0.3, 0.4) is 0 Å². The Hall–Kier alpha value is -6.16. The van der Waals surface area contributed by atoms with E-state index in [9.17, 15) is 24.0 Å². The van der Waals surface area contributed by atoms with Crippen molar-refractivity contribution < 1.29 is 33.4 Å². The van der Waals surface area contributed by atoms with Crippen LogP contribution >= 0.6 is 0 Å². The van der Waals surface area contributed by atoms with Gasteiger partial charge in [-0.25, -0.2) is 0 Å².